The number of benzene rings is 1. The van der Waals surface area contributed by atoms with Crippen LogP contribution in [0.25, 0.3) is 11.2 Å². The van der Waals surface area contributed by atoms with Gasteiger partial charge in [-0.3, -0.25) is 4.52 Å². The number of aliphatic hydroxyl groups is 1. The van der Waals surface area contributed by atoms with Crippen molar-refractivity contribution < 1.29 is 65.8 Å². The fourth-order valence-corrected chi connectivity index (χ4v) is 7.06. The Kier molecular flexibility index (Phi) is 9.15. The first kappa shape index (κ1) is 32.7. The molecule has 2 unspecified atom stereocenters. The zero-order valence-corrected chi connectivity index (χ0v) is 24.2. The number of carbonyl (C=O) groups is 1. The molecule has 11 N–H and O–H groups in total. The van der Waals surface area contributed by atoms with Crippen LogP contribution in [0.15, 0.2) is 29.1 Å². The lowest BCUT2D eigenvalue weighted by Gasteiger charge is -2.22. The fraction of sp³-hybridized carbons (Fsp3) is 0.333. The molecule has 0 saturated carbocycles. The number of nitrogens with two attached hydrogens (primary N) is 2. The van der Waals surface area contributed by atoms with E-state index in [1.807, 2.05) is 0 Å². The number of nitrogens with one attached hydrogen (secondary N) is 2. The van der Waals surface area contributed by atoms with Crippen molar-refractivity contribution in [3.63, 3.8) is 0 Å². The van der Waals surface area contributed by atoms with Gasteiger partial charge in [-0.2, -0.15) is 18.6 Å². The van der Waals surface area contributed by atoms with Gasteiger partial charge in [0.2, 0.25) is 5.95 Å². The molecule has 1 fully saturated rings. The van der Waals surface area contributed by atoms with Gasteiger partial charge in [-0.15, -0.1) is 0 Å². The molecule has 1 aliphatic rings. The van der Waals surface area contributed by atoms with E-state index in [1.165, 1.54) is 25.2 Å². The van der Waals surface area contributed by atoms with Gasteiger partial charge < -0.3 is 55.9 Å². The van der Waals surface area contributed by atoms with Gasteiger partial charge in [-0.1, -0.05) is 12.1 Å². The predicted molar refractivity (Wildman–Crippen MR) is 142 cm³/mol. The molecule has 3 aromatic rings. The minimum atomic E-state index is -5.86. The third-order valence-corrected chi connectivity index (χ3v) is 9.46. The average Bonchev–Trinajstić information content (AvgIpc) is 3.36. The zero-order valence-electron chi connectivity index (χ0n) is 21.5. The van der Waals surface area contributed by atoms with Gasteiger partial charge in [0.15, 0.2) is 23.8 Å². The van der Waals surface area contributed by atoms with E-state index >= 15 is 0 Å². The van der Waals surface area contributed by atoms with Crippen molar-refractivity contribution in [2.45, 2.75) is 24.5 Å². The minimum Gasteiger partial charge on any atom is -0.453 e. The molecule has 6 atom stereocenters. The van der Waals surface area contributed by atoms with Crippen LogP contribution in [0.3, 0.4) is 0 Å². The SMILES string of the molecule is CNc1ccccc1C(=O)O[C@H]1[C@@H](O)[C@H](n2c(=O)[nH]c3c(N)nc(N)nc32)O[C@@H]1COP(=O)(O)OP(=O)(O)OP(=O)(O)O. The number of nitrogen functional groups attached to an aromatic ring is 2. The first-order chi connectivity index (χ1) is 19.9. The van der Waals surface area contributed by atoms with Gasteiger partial charge in [-0.25, -0.2) is 27.9 Å². The molecule has 1 aliphatic heterocycles. The van der Waals surface area contributed by atoms with Crippen molar-refractivity contribution in [1.29, 1.82) is 0 Å². The number of esters is 1. The van der Waals surface area contributed by atoms with E-state index in [0.717, 1.165) is 4.57 Å². The summed E-state index contributed by atoms with van der Waals surface area (Å²) in [6.45, 7) is -1.14. The molecule has 25 heteroatoms. The number of anilines is 3. The Bertz CT molecular complexity index is 1740. The number of fused-ring (bicyclic) bond motifs is 1. The largest absolute Gasteiger partial charge is 0.490 e. The maximum atomic E-state index is 13.1. The number of nitrogens with zero attached hydrogens (tertiary/aromatic N) is 3. The summed E-state index contributed by atoms with van der Waals surface area (Å²) in [4.78, 5) is 72.5. The van der Waals surface area contributed by atoms with Crippen LogP contribution in [0.2, 0.25) is 0 Å². The topological polar surface area (TPSA) is 343 Å². The number of para-hydroxylation sites is 1. The lowest BCUT2D eigenvalue weighted by Crippen LogP contribution is -2.39. The molecule has 1 saturated heterocycles. The number of imidazole rings is 1. The summed E-state index contributed by atoms with van der Waals surface area (Å²) in [5, 5.41) is 13.9. The van der Waals surface area contributed by atoms with Crippen molar-refractivity contribution in [2.75, 3.05) is 30.4 Å². The standard InChI is InChI=1S/C18H24N7O15P3/c1-21-8-5-3-2-4-7(8)16(27)38-12-9(6-36-42(32,33)40-43(34,35)39-41(29,30)31)37-15(11(12)26)25-14-10(22-18(25)28)13(19)23-17(20)24-14/h2-5,9,11-12,15,21,26H,6H2,1H3,(H,22,28)(H,32,33)(H,34,35)(H2,29,30,31)(H4,19,20,23,24)/t9-,11-,12-,15-/m1/s1. The summed E-state index contributed by atoms with van der Waals surface area (Å²) in [5.74, 6) is -1.62. The number of phosphoric acid groups is 3. The number of aromatic amines is 1. The summed E-state index contributed by atoms with van der Waals surface area (Å²) in [5.41, 5.74) is 10.4. The Labute approximate surface area is 239 Å². The van der Waals surface area contributed by atoms with Gasteiger partial charge in [0.1, 0.15) is 17.7 Å². The van der Waals surface area contributed by atoms with Crippen LogP contribution in [0, 0.1) is 0 Å². The van der Waals surface area contributed by atoms with Gasteiger partial charge in [0.05, 0.1) is 12.2 Å². The van der Waals surface area contributed by atoms with E-state index in [4.69, 9.17) is 30.7 Å². The average molecular weight is 671 g/mol. The second kappa shape index (κ2) is 12.0. The van der Waals surface area contributed by atoms with Gasteiger partial charge in [0, 0.05) is 12.7 Å². The third kappa shape index (κ3) is 7.47. The maximum absolute atomic E-state index is 13.1. The molecular weight excluding hydrogens is 647 g/mol. The number of rotatable bonds is 11. The normalized spacial score (nSPS) is 23.5. The van der Waals surface area contributed by atoms with Gasteiger partial charge in [-0.05, 0) is 12.1 Å². The highest BCUT2D eigenvalue weighted by molar-refractivity contribution is 7.66. The number of ether oxygens (including phenoxy) is 2. The molecule has 0 amide bonds. The number of carbonyl (C=O) groups excluding carboxylic acids is 1. The predicted octanol–water partition coefficient (Wildman–Crippen LogP) is -0.847. The smallest absolute Gasteiger partial charge is 0.453 e. The lowest BCUT2D eigenvalue weighted by atomic mass is 10.1. The van der Waals surface area contributed by atoms with Gasteiger partial charge >= 0.3 is 35.1 Å². The summed E-state index contributed by atoms with van der Waals surface area (Å²) >= 11 is 0. The van der Waals surface area contributed by atoms with Crippen molar-refractivity contribution in [3.05, 3.63) is 40.3 Å². The number of aliphatic hydroxyl groups excluding tert-OH is 1. The minimum absolute atomic E-state index is 0.00941. The van der Waals surface area contributed by atoms with Crippen LogP contribution in [-0.4, -0.2) is 82.1 Å². The Morgan fingerprint density at radius 2 is 1.79 bits per heavy atom. The van der Waals surface area contributed by atoms with Crippen LogP contribution in [-0.2, 0) is 36.3 Å². The lowest BCUT2D eigenvalue weighted by molar-refractivity contribution is -0.0532. The molecule has 3 heterocycles. The number of H-pyrrole nitrogens is 1. The summed E-state index contributed by atoms with van der Waals surface area (Å²) in [6.07, 6.45) is -7.11. The van der Waals surface area contributed by atoms with Crippen molar-refractivity contribution in [1.82, 2.24) is 19.5 Å². The zero-order chi connectivity index (χ0) is 31.9. The first-order valence-corrected chi connectivity index (χ1v) is 16.1. The highest BCUT2D eigenvalue weighted by Crippen LogP contribution is 2.66. The van der Waals surface area contributed by atoms with Crippen molar-refractivity contribution >= 4 is 58.1 Å². The summed E-state index contributed by atoms with van der Waals surface area (Å²) < 4.78 is 58.7. The van der Waals surface area contributed by atoms with Crippen molar-refractivity contribution in [3.8, 4) is 0 Å². The molecule has 22 nitrogen and oxygen atoms in total. The monoisotopic (exact) mass is 671 g/mol. The number of phosphoric ester groups is 1. The van der Waals surface area contributed by atoms with E-state index in [-0.39, 0.29) is 28.5 Å². The van der Waals surface area contributed by atoms with Crippen LogP contribution in [0.1, 0.15) is 16.6 Å². The summed E-state index contributed by atoms with van der Waals surface area (Å²) in [6, 6.07) is 6.03. The van der Waals surface area contributed by atoms with E-state index in [0.29, 0.717) is 5.69 Å². The molecule has 4 rings (SSSR count). The molecule has 0 spiro atoms. The Morgan fingerprint density at radius 1 is 1.12 bits per heavy atom. The number of hydrogen-bond acceptors (Lipinski definition) is 16. The van der Waals surface area contributed by atoms with Crippen LogP contribution in [0.4, 0.5) is 17.5 Å². The quantitative estimate of drug-likeness (QED) is 0.0885. The van der Waals surface area contributed by atoms with E-state index in [9.17, 15) is 38.2 Å². The molecule has 236 valence electrons. The Balaban J connectivity index is 1.66. The molecule has 0 radical (unpaired) electrons. The molecule has 2 aromatic heterocycles. The Hall–Kier alpha value is -3.23. The maximum Gasteiger partial charge on any atom is 0.490 e. The molecular formula is C18H24N7O15P3. The Morgan fingerprint density at radius 3 is 2.44 bits per heavy atom. The van der Waals surface area contributed by atoms with Gasteiger partial charge in [0.25, 0.3) is 0 Å². The fourth-order valence-electron chi connectivity index (χ4n) is 4.03. The first-order valence-electron chi connectivity index (χ1n) is 11.5. The highest BCUT2D eigenvalue weighted by Gasteiger charge is 2.50. The van der Waals surface area contributed by atoms with E-state index in [2.05, 4.69) is 33.4 Å². The van der Waals surface area contributed by atoms with Crippen LogP contribution >= 0.6 is 23.5 Å². The molecule has 0 aliphatic carbocycles. The highest BCUT2D eigenvalue weighted by atomic mass is 31.3. The number of aromatic nitrogens is 4. The van der Waals surface area contributed by atoms with E-state index < -0.39 is 66.3 Å². The van der Waals surface area contributed by atoms with Crippen molar-refractivity contribution in [2.24, 2.45) is 0 Å². The second-order valence-corrected chi connectivity index (χ2v) is 13.0. The molecule has 43 heavy (non-hydrogen) atoms. The van der Waals surface area contributed by atoms with Crippen LogP contribution in [0.5, 0.6) is 0 Å². The second-order valence-electron chi connectivity index (χ2n) is 8.57. The van der Waals surface area contributed by atoms with E-state index in [1.54, 1.807) is 6.07 Å². The number of hydrogen-bond donors (Lipinski definition) is 9. The van der Waals surface area contributed by atoms with Crippen LogP contribution < -0.4 is 22.5 Å². The third-order valence-electron chi connectivity index (χ3n) is 5.66. The summed E-state index contributed by atoms with van der Waals surface area (Å²) in [7, 11) is -15.7. The molecule has 0 bridgehead atoms. The molecule has 1 aromatic carbocycles.